The van der Waals surface area contributed by atoms with Crippen LogP contribution in [-0.2, 0) is 30.8 Å². The Morgan fingerprint density at radius 3 is 2.26 bits per heavy atom. The van der Waals surface area contributed by atoms with E-state index in [1.807, 2.05) is 30.3 Å². The summed E-state index contributed by atoms with van der Waals surface area (Å²) in [5.74, 6) is -0.441. The molecule has 0 aromatic heterocycles. The Morgan fingerprint density at radius 2 is 1.63 bits per heavy atom. The number of carbonyl (C=O) groups is 2. The number of amides is 1. The Bertz CT molecular complexity index is 866. The lowest BCUT2D eigenvalue weighted by Gasteiger charge is -2.09. The van der Waals surface area contributed by atoms with Gasteiger partial charge in [-0.1, -0.05) is 30.3 Å². The van der Waals surface area contributed by atoms with Gasteiger partial charge in [0.05, 0.1) is 11.3 Å². The number of esters is 1. The summed E-state index contributed by atoms with van der Waals surface area (Å²) in [4.78, 5) is 23.3. The van der Waals surface area contributed by atoms with Gasteiger partial charge < -0.3 is 14.8 Å². The number of nitrogens with one attached hydrogen (secondary N) is 1. The van der Waals surface area contributed by atoms with Gasteiger partial charge in [0.25, 0.3) is 0 Å². The maximum atomic E-state index is 11.7. The lowest BCUT2D eigenvalue weighted by Crippen LogP contribution is -2.32. The van der Waals surface area contributed by atoms with Crippen molar-refractivity contribution in [1.29, 1.82) is 0 Å². The van der Waals surface area contributed by atoms with Crippen LogP contribution in [0.2, 0.25) is 0 Å². The van der Waals surface area contributed by atoms with Crippen molar-refractivity contribution in [2.24, 2.45) is 5.14 Å². The van der Waals surface area contributed by atoms with Gasteiger partial charge in [-0.3, -0.25) is 9.59 Å². The van der Waals surface area contributed by atoms with Crippen LogP contribution in [0.1, 0.15) is 5.56 Å². The molecule has 0 aliphatic heterocycles. The minimum atomic E-state index is -3.75. The number of ether oxygens (including phenoxy) is 2. The zero-order valence-corrected chi connectivity index (χ0v) is 15.3. The van der Waals surface area contributed by atoms with E-state index in [-0.39, 0.29) is 37.0 Å². The number of carbonyl (C=O) groups excluding carboxylic acids is 2. The van der Waals surface area contributed by atoms with Gasteiger partial charge in [-0.05, 0) is 29.8 Å². The molecule has 0 spiro atoms. The fraction of sp³-hybridized carbons (Fsp3) is 0.222. The molecule has 3 N–H and O–H groups in total. The first-order chi connectivity index (χ1) is 12.8. The highest BCUT2D eigenvalue weighted by molar-refractivity contribution is 7.89. The molecule has 8 nitrogen and oxygen atoms in total. The first-order valence-corrected chi connectivity index (χ1v) is 9.61. The number of benzene rings is 2. The molecular weight excluding hydrogens is 372 g/mol. The first-order valence-electron chi connectivity index (χ1n) is 8.06. The zero-order valence-electron chi connectivity index (χ0n) is 14.5. The average Bonchev–Trinajstić information content (AvgIpc) is 2.64. The van der Waals surface area contributed by atoms with Crippen molar-refractivity contribution in [2.45, 2.75) is 11.3 Å². The van der Waals surface area contributed by atoms with Crippen LogP contribution in [0.15, 0.2) is 59.5 Å². The fourth-order valence-corrected chi connectivity index (χ4v) is 2.62. The third-order valence-electron chi connectivity index (χ3n) is 3.40. The average molecular weight is 392 g/mol. The molecule has 144 valence electrons. The van der Waals surface area contributed by atoms with Crippen molar-refractivity contribution < 1.29 is 27.5 Å². The second kappa shape index (κ2) is 9.70. The van der Waals surface area contributed by atoms with E-state index >= 15 is 0 Å². The SMILES string of the molecule is NS(=O)(=O)c1ccc(OCCOC(=O)CNC(=O)Cc2ccccc2)cc1. The predicted octanol–water partition coefficient (Wildman–Crippen LogP) is 0.615. The molecule has 0 fully saturated rings. The minimum absolute atomic E-state index is 0.00960. The number of rotatable bonds is 9. The smallest absolute Gasteiger partial charge is 0.325 e. The molecule has 1 amide bonds. The first kappa shape index (κ1) is 20.4. The van der Waals surface area contributed by atoms with Gasteiger partial charge in [0, 0.05) is 0 Å². The standard InChI is InChI=1S/C18H20N2O6S/c19-27(23,24)16-8-6-15(7-9-16)25-10-11-26-18(22)13-20-17(21)12-14-4-2-1-3-5-14/h1-9H,10-13H2,(H,20,21)(H2,19,23,24). The van der Waals surface area contributed by atoms with Crippen LogP contribution in [0, 0.1) is 0 Å². The van der Waals surface area contributed by atoms with Crippen LogP contribution in [0.3, 0.4) is 0 Å². The molecule has 2 rings (SSSR count). The quantitative estimate of drug-likeness (QED) is 0.476. The van der Waals surface area contributed by atoms with Crippen LogP contribution < -0.4 is 15.2 Å². The van der Waals surface area contributed by atoms with Crippen molar-refractivity contribution in [2.75, 3.05) is 19.8 Å². The minimum Gasteiger partial charge on any atom is -0.490 e. The molecule has 0 atom stereocenters. The Balaban J connectivity index is 1.62. The van der Waals surface area contributed by atoms with E-state index in [1.165, 1.54) is 24.3 Å². The van der Waals surface area contributed by atoms with Crippen molar-refractivity contribution >= 4 is 21.9 Å². The highest BCUT2D eigenvalue weighted by Crippen LogP contribution is 2.14. The van der Waals surface area contributed by atoms with Gasteiger partial charge in [0.15, 0.2) is 0 Å². The van der Waals surface area contributed by atoms with Gasteiger partial charge in [-0.15, -0.1) is 0 Å². The van der Waals surface area contributed by atoms with Crippen LogP contribution in [0.25, 0.3) is 0 Å². The lowest BCUT2D eigenvalue weighted by molar-refractivity contribution is -0.144. The monoisotopic (exact) mass is 392 g/mol. The molecule has 0 aliphatic rings. The molecule has 9 heteroatoms. The van der Waals surface area contributed by atoms with E-state index in [1.54, 1.807) is 0 Å². The largest absolute Gasteiger partial charge is 0.490 e. The maximum Gasteiger partial charge on any atom is 0.325 e. The molecule has 0 radical (unpaired) electrons. The summed E-state index contributed by atoms with van der Waals surface area (Å²) >= 11 is 0. The van der Waals surface area contributed by atoms with E-state index in [0.29, 0.717) is 5.75 Å². The topological polar surface area (TPSA) is 125 Å². The molecule has 0 saturated carbocycles. The summed E-state index contributed by atoms with van der Waals surface area (Å²) in [5, 5.41) is 7.49. The summed E-state index contributed by atoms with van der Waals surface area (Å²) in [6.45, 7) is -0.155. The Hall–Kier alpha value is -2.91. The third kappa shape index (κ3) is 7.47. The van der Waals surface area contributed by atoms with Crippen LogP contribution in [0.4, 0.5) is 0 Å². The summed E-state index contributed by atoms with van der Waals surface area (Å²) in [5.41, 5.74) is 0.852. The molecule has 0 unspecified atom stereocenters. The number of hydrogen-bond acceptors (Lipinski definition) is 6. The predicted molar refractivity (Wildman–Crippen MR) is 97.4 cm³/mol. The number of hydrogen-bond donors (Lipinski definition) is 2. The second-order valence-electron chi connectivity index (χ2n) is 5.52. The van der Waals surface area contributed by atoms with Crippen molar-refractivity contribution in [3.63, 3.8) is 0 Å². The lowest BCUT2D eigenvalue weighted by atomic mass is 10.1. The highest BCUT2D eigenvalue weighted by atomic mass is 32.2. The van der Waals surface area contributed by atoms with E-state index in [4.69, 9.17) is 14.6 Å². The molecule has 0 aliphatic carbocycles. The normalized spacial score (nSPS) is 10.9. The summed E-state index contributed by atoms with van der Waals surface area (Å²) in [7, 11) is -3.75. The van der Waals surface area contributed by atoms with E-state index < -0.39 is 16.0 Å². The van der Waals surface area contributed by atoms with Gasteiger partial charge >= 0.3 is 5.97 Å². The van der Waals surface area contributed by atoms with Gasteiger partial charge in [-0.25, -0.2) is 13.6 Å². The van der Waals surface area contributed by atoms with E-state index in [0.717, 1.165) is 5.56 Å². The van der Waals surface area contributed by atoms with Crippen LogP contribution >= 0.6 is 0 Å². The number of sulfonamides is 1. The third-order valence-corrected chi connectivity index (χ3v) is 4.33. The molecule has 0 heterocycles. The van der Waals surface area contributed by atoms with Crippen molar-refractivity contribution in [3.8, 4) is 5.75 Å². The van der Waals surface area contributed by atoms with E-state index in [2.05, 4.69) is 5.32 Å². The maximum absolute atomic E-state index is 11.7. The molecule has 0 saturated heterocycles. The summed E-state index contributed by atoms with van der Waals surface area (Å²) in [6, 6.07) is 14.7. The molecule has 2 aromatic carbocycles. The molecule has 0 bridgehead atoms. The van der Waals surface area contributed by atoms with Gasteiger partial charge in [0.1, 0.15) is 25.5 Å². The molecule has 2 aromatic rings. The van der Waals surface area contributed by atoms with Gasteiger partial charge in [-0.2, -0.15) is 0 Å². The Labute approximate surface area is 157 Å². The second-order valence-corrected chi connectivity index (χ2v) is 7.09. The molecule has 27 heavy (non-hydrogen) atoms. The zero-order chi connectivity index (χ0) is 19.7. The Kier molecular flexibility index (Phi) is 7.33. The van der Waals surface area contributed by atoms with Crippen molar-refractivity contribution in [1.82, 2.24) is 5.32 Å². The summed E-state index contributed by atoms with van der Waals surface area (Å²) in [6.07, 6.45) is 0.186. The van der Waals surface area contributed by atoms with Gasteiger partial charge in [0.2, 0.25) is 15.9 Å². The fourth-order valence-electron chi connectivity index (χ4n) is 2.11. The van der Waals surface area contributed by atoms with Crippen LogP contribution in [0.5, 0.6) is 5.75 Å². The molecular formula is C18H20N2O6S. The Morgan fingerprint density at radius 1 is 0.963 bits per heavy atom. The van der Waals surface area contributed by atoms with E-state index in [9.17, 15) is 18.0 Å². The van der Waals surface area contributed by atoms with Crippen molar-refractivity contribution in [3.05, 3.63) is 60.2 Å². The number of primary sulfonamides is 1. The number of nitrogens with two attached hydrogens (primary N) is 1. The summed E-state index contributed by atoms with van der Waals surface area (Å²) < 4.78 is 32.6. The highest BCUT2D eigenvalue weighted by Gasteiger charge is 2.09. The van der Waals surface area contributed by atoms with Crippen LogP contribution in [-0.4, -0.2) is 40.1 Å².